The fourth-order valence-electron chi connectivity index (χ4n) is 5.32. The molecule has 0 radical (unpaired) electrons. The number of aliphatic hydroxyl groups is 1. The Kier molecular flexibility index (Phi) is 9.82. The van der Waals surface area contributed by atoms with Crippen molar-refractivity contribution in [2.75, 3.05) is 26.1 Å². The lowest BCUT2D eigenvalue weighted by molar-refractivity contribution is -0.149. The summed E-state index contributed by atoms with van der Waals surface area (Å²) in [6.07, 6.45) is -0.145. The number of fused-ring (bicyclic) bond motifs is 2. The molecule has 1 aliphatic rings. The van der Waals surface area contributed by atoms with Crippen molar-refractivity contribution < 1.29 is 37.7 Å². The predicted molar refractivity (Wildman–Crippen MR) is 176 cm³/mol. The fourth-order valence-corrected chi connectivity index (χ4v) is 7.03. The maximum absolute atomic E-state index is 14.6. The van der Waals surface area contributed by atoms with Crippen LogP contribution in [0.5, 0.6) is 11.6 Å². The zero-order valence-corrected chi connectivity index (χ0v) is 28.6. The summed E-state index contributed by atoms with van der Waals surface area (Å²) in [5.41, 5.74) is 4.85. The quantitative estimate of drug-likeness (QED) is 0.135. The highest BCUT2D eigenvalue weighted by Gasteiger charge is 2.47. The van der Waals surface area contributed by atoms with Gasteiger partial charge in [0.1, 0.15) is 17.4 Å². The summed E-state index contributed by atoms with van der Waals surface area (Å²) < 4.78 is 45.4. The van der Waals surface area contributed by atoms with Crippen molar-refractivity contribution in [1.82, 2.24) is 24.6 Å². The van der Waals surface area contributed by atoms with Gasteiger partial charge in [-0.2, -0.15) is 15.1 Å². The van der Waals surface area contributed by atoms with Crippen LogP contribution in [0.3, 0.4) is 0 Å². The molecule has 2 unspecified atom stereocenters. The van der Waals surface area contributed by atoms with Gasteiger partial charge in [0.05, 0.1) is 32.8 Å². The van der Waals surface area contributed by atoms with Gasteiger partial charge < -0.3 is 29.6 Å². The third-order valence-electron chi connectivity index (χ3n) is 7.61. The standard InChI is InChI=1S/C32H43N6O8P/c1-19(2)24(28(39)43-17-31(3,4)5)37-47(41,46-23-14-10-12-20-11-8-9-13-22(20)23)44-16-21-15-32(6,40)29(45-21)38-18-34-25-26(38)35-30(33)36-27(25)42-7/h8-14,18-19,21,24,29,40H,15-17H2,1-7H3,(H,37,41)(H2,33,35,36)/t21-,24-,29?,32+,47?/m0/s1. The first-order valence-electron chi connectivity index (χ1n) is 15.4. The second-order valence-corrected chi connectivity index (χ2v) is 15.2. The molecule has 1 aliphatic heterocycles. The number of esters is 1. The van der Waals surface area contributed by atoms with E-state index < -0.39 is 37.7 Å². The minimum atomic E-state index is -4.29. The molecule has 3 heterocycles. The van der Waals surface area contributed by atoms with Gasteiger partial charge >= 0.3 is 13.7 Å². The first kappa shape index (κ1) is 34.5. The molecule has 47 heavy (non-hydrogen) atoms. The molecule has 0 amide bonds. The number of hydrogen-bond acceptors (Lipinski definition) is 12. The summed E-state index contributed by atoms with van der Waals surface area (Å²) in [5, 5.41) is 15.9. The fraction of sp³-hybridized carbons (Fsp3) is 0.500. The lowest BCUT2D eigenvalue weighted by atomic mass is 9.98. The monoisotopic (exact) mass is 670 g/mol. The molecule has 4 aromatic rings. The van der Waals surface area contributed by atoms with Crippen LogP contribution in [0.1, 0.15) is 54.2 Å². The van der Waals surface area contributed by atoms with E-state index >= 15 is 0 Å². The van der Waals surface area contributed by atoms with E-state index in [9.17, 15) is 14.5 Å². The van der Waals surface area contributed by atoms with Gasteiger partial charge in [-0.25, -0.2) is 9.55 Å². The van der Waals surface area contributed by atoms with Crippen LogP contribution in [0.15, 0.2) is 48.8 Å². The molecule has 5 rings (SSSR count). The average molecular weight is 671 g/mol. The van der Waals surface area contributed by atoms with E-state index in [2.05, 4.69) is 20.0 Å². The summed E-state index contributed by atoms with van der Waals surface area (Å²) >= 11 is 0. The van der Waals surface area contributed by atoms with Crippen molar-refractivity contribution in [2.45, 2.75) is 71.9 Å². The molecular formula is C32H43N6O8P. The summed E-state index contributed by atoms with van der Waals surface area (Å²) in [5.74, 6) is -0.458. The van der Waals surface area contributed by atoms with Gasteiger partial charge in [0.15, 0.2) is 17.4 Å². The van der Waals surface area contributed by atoms with Crippen molar-refractivity contribution in [3.63, 3.8) is 0 Å². The van der Waals surface area contributed by atoms with Crippen LogP contribution in [-0.4, -0.2) is 68.7 Å². The molecule has 2 aromatic heterocycles. The van der Waals surface area contributed by atoms with Crippen LogP contribution >= 0.6 is 7.75 Å². The van der Waals surface area contributed by atoms with Gasteiger partial charge in [-0.05, 0) is 29.7 Å². The highest BCUT2D eigenvalue weighted by molar-refractivity contribution is 7.52. The summed E-state index contributed by atoms with van der Waals surface area (Å²) in [6.45, 7) is 11.0. The van der Waals surface area contributed by atoms with Gasteiger partial charge in [-0.15, -0.1) is 0 Å². The largest absolute Gasteiger partial charge is 0.479 e. The van der Waals surface area contributed by atoms with Gasteiger partial charge in [0.25, 0.3) is 0 Å². The van der Waals surface area contributed by atoms with Crippen LogP contribution in [0, 0.1) is 11.3 Å². The first-order chi connectivity index (χ1) is 22.1. The molecular weight excluding hydrogens is 627 g/mol. The van der Waals surface area contributed by atoms with Gasteiger partial charge in [-0.3, -0.25) is 13.9 Å². The highest BCUT2D eigenvalue weighted by atomic mass is 31.2. The van der Waals surface area contributed by atoms with E-state index in [1.165, 1.54) is 13.4 Å². The zero-order chi connectivity index (χ0) is 34.1. The van der Waals surface area contributed by atoms with Crippen molar-refractivity contribution in [1.29, 1.82) is 0 Å². The molecule has 4 N–H and O–H groups in total. The van der Waals surface area contributed by atoms with Gasteiger partial charge in [0.2, 0.25) is 11.8 Å². The number of nitrogens with two attached hydrogens (primary N) is 1. The maximum Gasteiger partial charge on any atom is 0.459 e. The number of aromatic nitrogens is 4. The SMILES string of the molecule is COc1nc(N)nc2c1ncn2C1O[C@H](COP(=O)(N[C@H](C(=O)OCC(C)(C)C)C(C)C)Oc2cccc3ccccc23)C[C@@]1(C)O. The minimum Gasteiger partial charge on any atom is -0.479 e. The summed E-state index contributed by atoms with van der Waals surface area (Å²) in [6, 6.07) is 11.8. The Balaban J connectivity index is 1.41. The predicted octanol–water partition coefficient (Wildman–Crippen LogP) is 5.02. The molecule has 254 valence electrons. The second-order valence-electron chi connectivity index (χ2n) is 13.5. The number of nitrogen functional groups attached to an aromatic ring is 1. The molecule has 0 aliphatic carbocycles. The Bertz CT molecular complexity index is 1780. The topological polar surface area (TPSA) is 182 Å². The minimum absolute atomic E-state index is 0.0352. The Labute approximate surface area is 273 Å². The Hall–Kier alpha value is -3.81. The molecule has 0 spiro atoms. The Morgan fingerprint density at radius 2 is 1.94 bits per heavy atom. The molecule has 2 aromatic carbocycles. The molecule has 1 saturated heterocycles. The van der Waals surface area contributed by atoms with Crippen molar-refractivity contribution >= 4 is 41.6 Å². The number of nitrogens with zero attached hydrogens (tertiary/aromatic N) is 4. The number of carbonyl (C=O) groups is 1. The third kappa shape index (κ3) is 7.85. The van der Waals surface area contributed by atoms with E-state index in [-0.39, 0.29) is 42.8 Å². The molecule has 15 heteroatoms. The zero-order valence-electron chi connectivity index (χ0n) is 27.7. The average Bonchev–Trinajstić information content (AvgIpc) is 3.56. The number of imidazole rings is 1. The number of ether oxygens (including phenoxy) is 3. The smallest absolute Gasteiger partial charge is 0.459 e. The summed E-state index contributed by atoms with van der Waals surface area (Å²) in [4.78, 5) is 25.9. The number of methoxy groups -OCH3 is 1. The Morgan fingerprint density at radius 1 is 1.21 bits per heavy atom. The van der Waals surface area contributed by atoms with Crippen molar-refractivity contribution in [3.8, 4) is 11.6 Å². The van der Waals surface area contributed by atoms with E-state index in [1.54, 1.807) is 37.5 Å². The molecule has 14 nitrogen and oxygen atoms in total. The van der Waals surface area contributed by atoms with E-state index in [4.69, 9.17) is 29.0 Å². The van der Waals surface area contributed by atoms with E-state index in [1.807, 2.05) is 51.1 Å². The van der Waals surface area contributed by atoms with Gasteiger partial charge in [-0.1, -0.05) is 71.0 Å². The van der Waals surface area contributed by atoms with Crippen LogP contribution in [0.4, 0.5) is 5.95 Å². The molecule has 1 fully saturated rings. The number of carbonyl (C=O) groups excluding carboxylic acids is 1. The molecule has 0 saturated carbocycles. The summed E-state index contributed by atoms with van der Waals surface area (Å²) in [7, 11) is -2.85. The third-order valence-corrected chi connectivity index (χ3v) is 9.13. The van der Waals surface area contributed by atoms with E-state index in [0.29, 0.717) is 22.3 Å². The normalized spacial score (nSPS) is 22.0. The number of rotatable bonds is 12. The van der Waals surface area contributed by atoms with Crippen molar-refractivity contribution in [2.24, 2.45) is 11.3 Å². The maximum atomic E-state index is 14.6. The number of benzene rings is 2. The van der Waals surface area contributed by atoms with E-state index in [0.717, 1.165) is 5.39 Å². The van der Waals surface area contributed by atoms with Crippen LogP contribution in [0.25, 0.3) is 21.9 Å². The number of hydrogen-bond donors (Lipinski definition) is 3. The van der Waals surface area contributed by atoms with Crippen LogP contribution < -0.4 is 20.1 Å². The lowest BCUT2D eigenvalue weighted by Gasteiger charge is -2.28. The molecule has 0 bridgehead atoms. The van der Waals surface area contributed by atoms with Crippen LogP contribution in [-0.2, 0) is 23.4 Å². The molecule has 5 atom stereocenters. The second kappa shape index (κ2) is 13.4. The van der Waals surface area contributed by atoms with Gasteiger partial charge in [0, 0.05) is 11.8 Å². The lowest BCUT2D eigenvalue weighted by Crippen LogP contribution is -2.42. The first-order valence-corrected chi connectivity index (χ1v) is 16.9. The number of anilines is 1. The number of nitrogens with one attached hydrogen (secondary N) is 1. The van der Waals surface area contributed by atoms with Crippen molar-refractivity contribution in [3.05, 3.63) is 48.8 Å². The Morgan fingerprint density at radius 3 is 2.64 bits per heavy atom. The van der Waals surface area contributed by atoms with Crippen LogP contribution in [0.2, 0.25) is 0 Å². The highest BCUT2D eigenvalue weighted by Crippen LogP contribution is 2.49.